The normalized spacial score (nSPS) is 22.7. The number of benzene rings is 1. The molecular weight excluding hydrogens is 362 g/mol. The molecular formula is C18H28ClNO4S. The van der Waals surface area contributed by atoms with Crippen molar-refractivity contribution in [3.63, 3.8) is 0 Å². The molecule has 142 valence electrons. The SMILES string of the molecule is O=S(=O)(NCCC1CCC(C(O)CCCO)CC1)c1ccc(Cl)cc1. The second-order valence-electron chi connectivity index (χ2n) is 6.85. The zero-order valence-electron chi connectivity index (χ0n) is 14.4. The third-order valence-corrected chi connectivity index (χ3v) is 6.79. The van der Waals surface area contributed by atoms with E-state index in [4.69, 9.17) is 16.7 Å². The lowest BCUT2D eigenvalue weighted by Crippen LogP contribution is -2.29. The van der Waals surface area contributed by atoms with E-state index in [0.717, 1.165) is 32.1 Å². The van der Waals surface area contributed by atoms with Crippen LogP contribution in [0.2, 0.25) is 5.02 Å². The molecule has 1 unspecified atom stereocenters. The Kier molecular flexibility index (Phi) is 8.16. The van der Waals surface area contributed by atoms with Crippen molar-refractivity contribution in [1.82, 2.24) is 4.72 Å². The Morgan fingerprint density at radius 3 is 2.40 bits per heavy atom. The maximum atomic E-state index is 12.2. The quantitative estimate of drug-likeness (QED) is 0.606. The van der Waals surface area contributed by atoms with Crippen LogP contribution in [0.15, 0.2) is 29.2 Å². The van der Waals surface area contributed by atoms with Crippen LogP contribution in [0.1, 0.15) is 44.9 Å². The molecule has 1 saturated carbocycles. The van der Waals surface area contributed by atoms with E-state index in [1.165, 1.54) is 12.1 Å². The second-order valence-corrected chi connectivity index (χ2v) is 9.06. The number of aliphatic hydroxyl groups excluding tert-OH is 2. The molecule has 3 N–H and O–H groups in total. The summed E-state index contributed by atoms with van der Waals surface area (Å²) in [6.45, 7) is 0.549. The Morgan fingerprint density at radius 2 is 1.80 bits per heavy atom. The molecule has 2 rings (SSSR count). The number of rotatable bonds is 9. The van der Waals surface area contributed by atoms with Crippen molar-refractivity contribution in [2.45, 2.75) is 55.9 Å². The molecule has 1 aliphatic rings. The summed E-state index contributed by atoms with van der Waals surface area (Å²) in [6, 6.07) is 6.15. The van der Waals surface area contributed by atoms with Crippen LogP contribution in [0.25, 0.3) is 0 Å². The smallest absolute Gasteiger partial charge is 0.240 e. The van der Waals surface area contributed by atoms with Gasteiger partial charge in [0.1, 0.15) is 0 Å². The summed E-state index contributed by atoms with van der Waals surface area (Å²) in [5.74, 6) is 0.808. The highest BCUT2D eigenvalue weighted by molar-refractivity contribution is 7.89. The van der Waals surface area contributed by atoms with Crippen molar-refractivity contribution < 1.29 is 18.6 Å². The first-order chi connectivity index (χ1) is 11.9. The Morgan fingerprint density at radius 1 is 1.16 bits per heavy atom. The minimum Gasteiger partial charge on any atom is -0.396 e. The zero-order chi connectivity index (χ0) is 18.3. The Balaban J connectivity index is 1.71. The van der Waals surface area contributed by atoms with Gasteiger partial charge in [0, 0.05) is 18.2 Å². The standard InChI is InChI=1S/C18H28ClNO4S/c19-16-7-9-17(10-8-16)25(23,24)20-12-11-14-3-5-15(6-4-14)18(22)2-1-13-21/h7-10,14-15,18,20-22H,1-6,11-13H2. The topological polar surface area (TPSA) is 86.6 Å². The Bertz CT molecular complexity index is 612. The molecule has 0 bridgehead atoms. The summed E-state index contributed by atoms with van der Waals surface area (Å²) < 4.78 is 27.1. The van der Waals surface area contributed by atoms with Gasteiger partial charge in [-0.2, -0.15) is 0 Å². The van der Waals surface area contributed by atoms with Crippen molar-refractivity contribution in [3.05, 3.63) is 29.3 Å². The molecule has 25 heavy (non-hydrogen) atoms. The molecule has 0 saturated heterocycles. The van der Waals surface area contributed by atoms with Gasteiger partial charge in [-0.3, -0.25) is 0 Å². The summed E-state index contributed by atoms with van der Waals surface area (Å²) in [7, 11) is -3.48. The van der Waals surface area contributed by atoms with Gasteiger partial charge in [-0.25, -0.2) is 13.1 Å². The van der Waals surface area contributed by atoms with Crippen molar-refractivity contribution in [3.8, 4) is 0 Å². The van der Waals surface area contributed by atoms with Crippen LogP contribution in [-0.2, 0) is 10.0 Å². The summed E-state index contributed by atoms with van der Waals surface area (Å²) in [4.78, 5) is 0.229. The third kappa shape index (κ3) is 6.53. The predicted octanol–water partition coefficient (Wildman–Crippen LogP) is 2.95. The number of sulfonamides is 1. The number of hydrogen-bond donors (Lipinski definition) is 3. The van der Waals surface area contributed by atoms with Gasteiger partial charge in [-0.05, 0) is 68.2 Å². The number of nitrogens with one attached hydrogen (secondary N) is 1. The number of hydrogen-bond acceptors (Lipinski definition) is 4. The minimum atomic E-state index is -3.48. The molecule has 0 amide bonds. The Labute approximate surface area is 155 Å². The van der Waals surface area contributed by atoms with Crippen LogP contribution in [0.4, 0.5) is 0 Å². The molecule has 0 heterocycles. The fourth-order valence-electron chi connectivity index (χ4n) is 3.49. The highest BCUT2D eigenvalue weighted by Crippen LogP contribution is 2.33. The van der Waals surface area contributed by atoms with Crippen LogP contribution in [-0.4, -0.2) is 37.9 Å². The lowest BCUT2D eigenvalue weighted by Gasteiger charge is -2.31. The molecule has 1 atom stereocenters. The van der Waals surface area contributed by atoms with E-state index in [2.05, 4.69) is 4.72 Å². The lowest BCUT2D eigenvalue weighted by molar-refractivity contribution is 0.0601. The Hall–Kier alpha value is -0.660. The second kappa shape index (κ2) is 9.88. The van der Waals surface area contributed by atoms with Gasteiger partial charge in [0.05, 0.1) is 11.0 Å². The van der Waals surface area contributed by atoms with Gasteiger partial charge < -0.3 is 10.2 Å². The molecule has 5 nitrogen and oxygen atoms in total. The fourth-order valence-corrected chi connectivity index (χ4v) is 4.67. The van der Waals surface area contributed by atoms with E-state index in [0.29, 0.717) is 36.2 Å². The molecule has 0 aliphatic heterocycles. The van der Waals surface area contributed by atoms with Gasteiger partial charge >= 0.3 is 0 Å². The summed E-state index contributed by atoms with van der Waals surface area (Å²) in [6.07, 6.45) is 5.78. The van der Waals surface area contributed by atoms with E-state index in [-0.39, 0.29) is 17.6 Å². The molecule has 1 aromatic carbocycles. The van der Waals surface area contributed by atoms with Crippen molar-refractivity contribution in [2.75, 3.05) is 13.2 Å². The summed E-state index contributed by atoms with van der Waals surface area (Å²) >= 11 is 5.78. The van der Waals surface area contributed by atoms with Crippen molar-refractivity contribution in [2.24, 2.45) is 11.8 Å². The van der Waals surface area contributed by atoms with Crippen LogP contribution >= 0.6 is 11.6 Å². The van der Waals surface area contributed by atoms with Crippen LogP contribution < -0.4 is 4.72 Å². The molecule has 0 spiro atoms. The molecule has 1 fully saturated rings. The highest BCUT2D eigenvalue weighted by Gasteiger charge is 2.26. The highest BCUT2D eigenvalue weighted by atomic mass is 35.5. The summed E-state index contributed by atoms with van der Waals surface area (Å²) in [5.41, 5.74) is 0. The van der Waals surface area contributed by atoms with E-state index >= 15 is 0 Å². The van der Waals surface area contributed by atoms with E-state index in [9.17, 15) is 13.5 Å². The van der Waals surface area contributed by atoms with Crippen molar-refractivity contribution >= 4 is 21.6 Å². The van der Waals surface area contributed by atoms with E-state index in [1.807, 2.05) is 0 Å². The average Bonchev–Trinajstić information content (AvgIpc) is 2.60. The zero-order valence-corrected chi connectivity index (χ0v) is 16.0. The largest absolute Gasteiger partial charge is 0.396 e. The number of halogens is 1. The van der Waals surface area contributed by atoms with Gasteiger partial charge in [0.15, 0.2) is 0 Å². The van der Waals surface area contributed by atoms with Crippen LogP contribution in [0.5, 0.6) is 0 Å². The lowest BCUT2D eigenvalue weighted by atomic mass is 9.77. The van der Waals surface area contributed by atoms with Crippen LogP contribution in [0.3, 0.4) is 0 Å². The van der Waals surface area contributed by atoms with Crippen molar-refractivity contribution in [1.29, 1.82) is 0 Å². The maximum absolute atomic E-state index is 12.2. The van der Waals surface area contributed by atoms with E-state index < -0.39 is 10.0 Å². The summed E-state index contributed by atoms with van der Waals surface area (Å²) in [5, 5.41) is 19.5. The molecule has 1 aromatic rings. The third-order valence-electron chi connectivity index (χ3n) is 5.06. The monoisotopic (exact) mass is 389 g/mol. The first-order valence-corrected chi connectivity index (χ1v) is 10.8. The minimum absolute atomic E-state index is 0.125. The average molecular weight is 390 g/mol. The van der Waals surface area contributed by atoms with Gasteiger partial charge in [0.2, 0.25) is 10.0 Å². The van der Waals surface area contributed by atoms with Gasteiger partial charge in [-0.15, -0.1) is 0 Å². The number of aliphatic hydroxyl groups is 2. The molecule has 7 heteroatoms. The predicted molar refractivity (Wildman–Crippen MR) is 99.0 cm³/mol. The molecule has 1 aliphatic carbocycles. The fraction of sp³-hybridized carbons (Fsp3) is 0.667. The van der Waals surface area contributed by atoms with Gasteiger partial charge in [-0.1, -0.05) is 24.4 Å². The maximum Gasteiger partial charge on any atom is 0.240 e. The van der Waals surface area contributed by atoms with Crippen LogP contribution in [0, 0.1) is 11.8 Å². The first kappa shape index (κ1) is 20.6. The molecule has 0 radical (unpaired) electrons. The van der Waals surface area contributed by atoms with E-state index in [1.54, 1.807) is 12.1 Å². The van der Waals surface area contributed by atoms with Gasteiger partial charge in [0.25, 0.3) is 0 Å². The first-order valence-electron chi connectivity index (χ1n) is 8.96. The molecule has 0 aromatic heterocycles.